The van der Waals surface area contributed by atoms with Crippen LogP contribution in [0.3, 0.4) is 0 Å². The fourth-order valence-electron chi connectivity index (χ4n) is 2.62. The van der Waals surface area contributed by atoms with Gasteiger partial charge in [-0.1, -0.05) is 18.2 Å². The smallest absolute Gasteiger partial charge is 0.125 e. The SMILES string of the molecule is Cc1cccc(C)c1OCCNC(C)(CN)C1CC1. The standard InChI is InChI=1S/C16H26N2O/c1-12-5-4-6-13(2)15(12)19-10-9-18-16(3,11-17)14-7-8-14/h4-6,14,18H,7-11,17H2,1-3H3. The zero-order chi connectivity index (χ0) is 13.9. The number of para-hydroxylation sites is 1. The summed E-state index contributed by atoms with van der Waals surface area (Å²) in [4.78, 5) is 0. The van der Waals surface area contributed by atoms with Crippen molar-refractivity contribution in [1.82, 2.24) is 5.32 Å². The van der Waals surface area contributed by atoms with Crippen molar-refractivity contribution >= 4 is 0 Å². The van der Waals surface area contributed by atoms with Crippen LogP contribution in [0.2, 0.25) is 0 Å². The summed E-state index contributed by atoms with van der Waals surface area (Å²) in [5, 5.41) is 3.57. The van der Waals surface area contributed by atoms with E-state index in [2.05, 4.69) is 44.3 Å². The van der Waals surface area contributed by atoms with Crippen LogP contribution in [-0.2, 0) is 0 Å². The van der Waals surface area contributed by atoms with E-state index in [9.17, 15) is 0 Å². The van der Waals surface area contributed by atoms with E-state index >= 15 is 0 Å². The third-order valence-corrected chi connectivity index (χ3v) is 4.19. The van der Waals surface area contributed by atoms with Crippen molar-refractivity contribution in [3.63, 3.8) is 0 Å². The first-order valence-corrected chi connectivity index (χ1v) is 7.21. The highest BCUT2D eigenvalue weighted by molar-refractivity contribution is 5.39. The Bertz CT molecular complexity index is 409. The molecule has 3 heteroatoms. The molecular weight excluding hydrogens is 236 g/mol. The number of nitrogens with two attached hydrogens (primary N) is 1. The van der Waals surface area contributed by atoms with Crippen molar-refractivity contribution < 1.29 is 4.74 Å². The van der Waals surface area contributed by atoms with Gasteiger partial charge in [-0.2, -0.15) is 0 Å². The zero-order valence-corrected chi connectivity index (χ0v) is 12.3. The summed E-state index contributed by atoms with van der Waals surface area (Å²) >= 11 is 0. The monoisotopic (exact) mass is 262 g/mol. The minimum Gasteiger partial charge on any atom is -0.492 e. The Morgan fingerprint density at radius 3 is 2.47 bits per heavy atom. The highest BCUT2D eigenvalue weighted by atomic mass is 16.5. The maximum absolute atomic E-state index is 5.90. The van der Waals surface area contributed by atoms with Crippen LogP contribution in [0.4, 0.5) is 0 Å². The average Bonchev–Trinajstić information content (AvgIpc) is 3.21. The van der Waals surface area contributed by atoms with E-state index in [0.717, 1.165) is 18.2 Å². The third-order valence-electron chi connectivity index (χ3n) is 4.19. The molecule has 1 saturated carbocycles. The van der Waals surface area contributed by atoms with Crippen molar-refractivity contribution in [2.75, 3.05) is 19.7 Å². The van der Waals surface area contributed by atoms with Gasteiger partial charge in [0.25, 0.3) is 0 Å². The van der Waals surface area contributed by atoms with Crippen molar-refractivity contribution in [2.45, 2.75) is 39.2 Å². The molecule has 2 rings (SSSR count). The molecule has 3 nitrogen and oxygen atoms in total. The normalized spacial score (nSPS) is 18.1. The van der Waals surface area contributed by atoms with Gasteiger partial charge in [-0.05, 0) is 50.7 Å². The van der Waals surface area contributed by atoms with Gasteiger partial charge in [0, 0.05) is 18.6 Å². The van der Waals surface area contributed by atoms with Gasteiger partial charge >= 0.3 is 0 Å². The number of hydrogen-bond donors (Lipinski definition) is 2. The van der Waals surface area contributed by atoms with E-state index in [-0.39, 0.29) is 5.54 Å². The molecular formula is C16H26N2O. The predicted molar refractivity (Wildman–Crippen MR) is 79.6 cm³/mol. The van der Waals surface area contributed by atoms with Crippen LogP contribution in [-0.4, -0.2) is 25.2 Å². The Balaban J connectivity index is 1.80. The first kappa shape index (κ1) is 14.4. The summed E-state index contributed by atoms with van der Waals surface area (Å²) in [5.74, 6) is 1.77. The minimum atomic E-state index is 0.0874. The molecule has 0 radical (unpaired) electrons. The van der Waals surface area contributed by atoms with Gasteiger partial charge in [0.05, 0.1) is 0 Å². The molecule has 0 aliphatic heterocycles. The number of aryl methyl sites for hydroxylation is 2. The second-order valence-corrected chi connectivity index (χ2v) is 5.89. The maximum atomic E-state index is 5.90. The summed E-state index contributed by atoms with van der Waals surface area (Å²) in [5.41, 5.74) is 8.37. The van der Waals surface area contributed by atoms with Crippen molar-refractivity contribution in [2.24, 2.45) is 11.7 Å². The lowest BCUT2D eigenvalue weighted by atomic mass is 9.96. The highest BCUT2D eigenvalue weighted by Gasteiger charge is 2.39. The lowest BCUT2D eigenvalue weighted by Crippen LogP contribution is -2.51. The molecule has 0 saturated heterocycles. The van der Waals surface area contributed by atoms with E-state index in [1.807, 2.05) is 0 Å². The Kier molecular flexibility index (Phi) is 4.48. The van der Waals surface area contributed by atoms with E-state index in [1.54, 1.807) is 0 Å². The topological polar surface area (TPSA) is 47.3 Å². The van der Waals surface area contributed by atoms with Crippen LogP contribution in [0, 0.1) is 19.8 Å². The molecule has 0 bridgehead atoms. The second kappa shape index (κ2) is 5.93. The van der Waals surface area contributed by atoms with E-state index in [4.69, 9.17) is 10.5 Å². The molecule has 1 unspecified atom stereocenters. The lowest BCUT2D eigenvalue weighted by molar-refractivity contribution is 0.260. The molecule has 1 atom stereocenters. The van der Waals surface area contributed by atoms with Gasteiger partial charge in [-0.3, -0.25) is 0 Å². The number of nitrogens with one attached hydrogen (secondary N) is 1. The van der Waals surface area contributed by atoms with Crippen molar-refractivity contribution in [3.05, 3.63) is 29.3 Å². The molecule has 3 N–H and O–H groups in total. The largest absolute Gasteiger partial charge is 0.492 e. The molecule has 0 aromatic heterocycles. The van der Waals surface area contributed by atoms with E-state index < -0.39 is 0 Å². The van der Waals surface area contributed by atoms with Crippen molar-refractivity contribution in [1.29, 1.82) is 0 Å². The van der Waals surface area contributed by atoms with Gasteiger partial charge in [0.15, 0.2) is 0 Å². The number of ether oxygens (including phenoxy) is 1. The quantitative estimate of drug-likeness (QED) is 0.742. The summed E-state index contributed by atoms with van der Waals surface area (Å²) in [6, 6.07) is 6.24. The summed E-state index contributed by atoms with van der Waals surface area (Å²) in [6.45, 7) is 8.63. The van der Waals surface area contributed by atoms with Crippen LogP contribution in [0.1, 0.15) is 30.9 Å². The number of hydrogen-bond acceptors (Lipinski definition) is 3. The van der Waals surface area contributed by atoms with Crippen LogP contribution < -0.4 is 15.8 Å². The molecule has 1 aromatic rings. The fraction of sp³-hybridized carbons (Fsp3) is 0.625. The van der Waals surface area contributed by atoms with Crippen LogP contribution in [0.15, 0.2) is 18.2 Å². The highest BCUT2D eigenvalue weighted by Crippen LogP contribution is 2.38. The number of benzene rings is 1. The summed E-state index contributed by atoms with van der Waals surface area (Å²) in [6.07, 6.45) is 2.61. The lowest BCUT2D eigenvalue weighted by Gasteiger charge is -2.29. The minimum absolute atomic E-state index is 0.0874. The molecule has 1 aliphatic carbocycles. The molecule has 106 valence electrons. The average molecular weight is 262 g/mol. The molecule has 1 aliphatic rings. The molecule has 0 spiro atoms. The molecule has 19 heavy (non-hydrogen) atoms. The Morgan fingerprint density at radius 2 is 1.95 bits per heavy atom. The van der Waals surface area contributed by atoms with E-state index in [0.29, 0.717) is 13.2 Å². The molecule has 0 heterocycles. The maximum Gasteiger partial charge on any atom is 0.125 e. The fourth-order valence-corrected chi connectivity index (χ4v) is 2.62. The van der Waals surface area contributed by atoms with Gasteiger partial charge in [-0.25, -0.2) is 0 Å². The summed E-state index contributed by atoms with van der Waals surface area (Å²) < 4.78 is 5.90. The van der Waals surface area contributed by atoms with Crippen LogP contribution >= 0.6 is 0 Å². The molecule has 1 aromatic carbocycles. The Hall–Kier alpha value is -1.06. The van der Waals surface area contributed by atoms with Crippen LogP contribution in [0.25, 0.3) is 0 Å². The second-order valence-electron chi connectivity index (χ2n) is 5.89. The zero-order valence-electron chi connectivity index (χ0n) is 12.3. The Morgan fingerprint density at radius 1 is 1.32 bits per heavy atom. The van der Waals surface area contributed by atoms with Crippen LogP contribution in [0.5, 0.6) is 5.75 Å². The third kappa shape index (κ3) is 3.48. The summed E-state index contributed by atoms with van der Waals surface area (Å²) in [7, 11) is 0. The van der Waals surface area contributed by atoms with E-state index in [1.165, 1.54) is 24.0 Å². The first-order chi connectivity index (χ1) is 9.07. The van der Waals surface area contributed by atoms with Crippen molar-refractivity contribution in [3.8, 4) is 5.75 Å². The van der Waals surface area contributed by atoms with Gasteiger partial charge in [0.1, 0.15) is 12.4 Å². The first-order valence-electron chi connectivity index (χ1n) is 7.21. The molecule has 1 fully saturated rings. The number of rotatable bonds is 7. The van der Waals surface area contributed by atoms with Gasteiger partial charge in [-0.15, -0.1) is 0 Å². The van der Waals surface area contributed by atoms with Gasteiger partial charge < -0.3 is 15.8 Å². The van der Waals surface area contributed by atoms with Gasteiger partial charge in [0.2, 0.25) is 0 Å². The predicted octanol–water partition coefficient (Wildman–Crippen LogP) is 2.40. The Labute approximate surface area is 116 Å². The molecule has 0 amide bonds.